The zero-order valence-corrected chi connectivity index (χ0v) is 23.8. The molecule has 4 heterocycles. The number of halogens is 3. The summed E-state index contributed by atoms with van der Waals surface area (Å²) in [7, 11) is 2.06. The van der Waals surface area contributed by atoms with E-state index in [1.54, 1.807) is 18.2 Å². The highest BCUT2D eigenvalue weighted by molar-refractivity contribution is 6.36. The predicted octanol–water partition coefficient (Wildman–Crippen LogP) is 5.89. The highest BCUT2D eigenvalue weighted by Crippen LogP contribution is 2.43. The molecular formula is C31H32ClF2N5O2. The van der Waals surface area contributed by atoms with E-state index >= 15 is 8.78 Å². The van der Waals surface area contributed by atoms with Crippen LogP contribution in [-0.2, 0) is 0 Å². The van der Waals surface area contributed by atoms with Gasteiger partial charge in [-0.25, -0.2) is 8.78 Å². The van der Waals surface area contributed by atoms with Gasteiger partial charge in [0.15, 0.2) is 5.82 Å². The van der Waals surface area contributed by atoms with E-state index in [1.807, 2.05) is 0 Å². The number of aromatic nitrogens is 2. The third kappa shape index (κ3) is 4.64. The Bertz CT molecular complexity index is 1690. The predicted molar refractivity (Wildman–Crippen MR) is 157 cm³/mol. The van der Waals surface area contributed by atoms with Crippen molar-refractivity contribution in [3.8, 4) is 22.9 Å². The molecule has 0 saturated carbocycles. The van der Waals surface area contributed by atoms with Crippen LogP contribution in [0.3, 0.4) is 0 Å². The zero-order valence-electron chi connectivity index (χ0n) is 23.1. The third-order valence-electron chi connectivity index (χ3n) is 8.98. The lowest BCUT2D eigenvalue weighted by Gasteiger charge is -2.40. The largest absolute Gasteiger partial charge is 0.508 e. The van der Waals surface area contributed by atoms with E-state index in [0.717, 1.165) is 32.2 Å². The number of aromatic hydroxyl groups is 1. The van der Waals surface area contributed by atoms with Gasteiger partial charge in [0.25, 0.3) is 0 Å². The minimum absolute atomic E-state index is 0.0271. The van der Waals surface area contributed by atoms with Crippen molar-refractivity contribution in [1.29, 1.82) is 0 Å². The molecule has 2 bridgehead atoms. The van der Waals surface area contributed by atoms with Gasteiger partial charge in [0.2, 0.25) is 0 Å². The number of phenols is 1. The molecule has 2 N–H and O–H groups in total. The van der Waals surface area contributed by atoms with Gasteiger partial charge in [-0.15, -0.1) is 0 Å². The van der Waals surface area contributed by atoms with Crippen molar-refractivity contribution >= 4 is 39.1 Å². The number of rotatable bonds is 5. The summed E-state index contributed by atoms with van der Waals surface area (Å²) < 4.78 is 38.8. The molecule has 0 aliphatic carbocycles. The maximum Gasteiger partial charge on any atom is 0.319 e. The van der Waals surface area contributed by atoms with Gasteiger partial charge in [-0.2, -0.15) is 9.97 Å². The molecule has 1 aromatic heterocycles. The number of phenolic OH excluding ortho intramolecular Hbond substituents is 1. The SMILES string of the molecule is CN1CCC[C@H]1COc1nc(N2CC3CC[C@@](C)(C2)N3)c2cc(F)c(-c3cc(O)cc4cccc(Cl)c34)c(F)c2n1. The molecule has 214 valence electrons. The molecule has 4 aromatic rings. The molecule has 1 unspecified atom stereocenters. The average molecular weight is 580 g/mol. The summed E-state index contributed by atoms with van der Waals surface area (Å²) in [4.78, 5) is 13.6. The Morgan fingerprint density at radius 2 is 2.05 bits per heavy atom. The standard InChI is InChI=1S/C31H32ClF2N5O2/c1-31-9-8-18(37-31)14-39(16-31)29-22-13-24(33)26(21-12-20(40)11-17-5-3-7-23(32)25(17)21)27(34)28(22)35-30(36-29)41-15-19-6-4-10-38(19)2/h3,5,7,11-13,18-19,37,40H,4,6,8-10,14-16H2,1-2H3/t18?,19-,31-/m0/s1. The number of benzene rings is 3. The molecule has 3 fully saturated rings. The van der Waals surface area contributed by atoms with Crippen LogP contribution in [0, 0.1) is 11.6 Å². The fourth-order valence-electron chi connectivity index (χ4n) is 6.94. The first-order valence-electron chi connectivity index (χ1n) is 14.2. The van der Waals surface area contributed by atoms with Gasteiger partial charge < -0.3 is 25.0 Å². The van der Waals surface area contributed by atoms with Crippen molar-refractivity contribution in [2.24, 2.45) is 0 Å². The Hall–Kier alpha value is -3.27. The molecule has 41 heavy (non-hydrogen) atoms. The minimum Gasteiger partial charge on any atom is -0.508 e. The highest BCUT2D eigenvalue weighted by atomic mass is 35.5. The minimum atomic E-state index is -0.845. The Morgan fingerprint density at radius 3 is 2.83 bits per heavy atom. The summed E-state index contributed by atoms with van der Waals surface area (Å²) in [6.07, 6.45) is 4.15. The second-order valence-electron chi connectivity index (χ2n) is 12.0. The number of nitrogens with one attached hydrogen (secondary N) is 1. The fraction of sp³-hybridized carbons (Fsp3) is 0.419. The lowest BCUT2D eigenvalue weighted by molar-refractivity contribution is 0.188. The Kier molecular flexibility index (Phi) is 6.44. The van der Waals surface area contributed by atoms with Gasteiger partial charge in [-0.1, -0.05) is 23.7 Å². The van der Waals surface area contributed by atoms with E-state index in [4.69, 9.17) is 21.3 Å². The van der Waals surface area contributed by atoms with Crippen LogP contribution in [0.5, 0.6) is 11.8 Å². The summed E-state index contributed by atoms with van der Waals surface area (Å²) in [5, 5.41) is 15.7. The molecule has 3 atom stereocenters. The van der Waals surface area contributed by atoms with Crippen LogP contribution >= 0.6 is 11.6 Å². The maximum absolute atomic E-state index is 16.6. The molecule has 3 saturated heterocycles. The monoisotopic (exact) mass is 579 g/mol. The first kappa shape index (κ1) is 26.6. The summed E-state index contributed by atoms with van der Waals surface area (Å²) in [5.41, 5.74) is -0.279. The number of fused-ring (bicyclic) bond motifs is 4. The van der Waals surface area contributed by atoms with E-state index in [0.29, 0.717) is 41.3 Å². The maximum atomic E-state index is 16.6. The molecule has 0 radical (unpaired) electrons. The molecule has 3 aliphatic heterocycles. The summed E-state index contributed by atoms with van der Waals surface area (Å²) in [6, 6.07) is 9.85. The average Bonchev–Trinajstić information content (AvgIpc) is 3.46. The molecule has 0 spiro atoms. The number of nitrogens with zero attached hydrogens (tertiary/aromatic N) is 4. The Morgan fingerprint density at radius 1 is 1.20 bits per heavy atom. The van der Waals surface area contributed by atoms with Crippen LogP contribution in [0.4, 0.5) is 14.6 Å². The van der Waals surface area contributed by atoms with E-state index in [-0.39, 0.29) is 51.4 Å². The highest BCUT2D eigenvalue weighted by Gasteiger charge is 2.42. The van der Waals surface area contributed by atoms with Crippen LogP contribution in [0.2, 0.25) is 5.02 Å². The van der Waals surface area contributed by atoms with Gasteiger partial charge in [0.05, 0.1) is 5.56 Å². The lowest BCUT2D eigenvalue weighted by Crippen LogP contribution is -2.58. The van der Waals surface area contributed by atoms with Crippen molar-refractivity contribution < 1.29 is 18.6 Å². The van der Waals surface area contributed by atoms with Gasteiger partial charge >= 0.3 is 6.01 Å². The van der Waals surface area contributed by atoms with Crippen LogP contribution in [-0.4, -0.2) is 70.9 Å². The first-order chi connectivity index (χ1) is 19.7. The van der Waals surface area contributed by atoms with Gasteiger partial charge in [0.1, 0.15) is 29.5 Å². The smallest absolute Gasteiger partial charge is 0.319 e. The number of likely N-dealkylation sites (N-methyl/N-ethyl adjacent to an activating group) is 1. The van der Waals surface area contributed by atoms with Crippen molar-refractivity contribution in [3.05, 3.63) is 53.1 Å². The van der Waals surface area contributed by atoms with Crippen LogP contribution in [0.1, 0.15) is 32.6 Å². The Labute approximate surface area is 242 Å². The molecule has 10 heteroatoms. The zero-order chi connectivity index (χ0) is 28.5. The molecule has 0 amide bonds. The number of anilines is 1. The van der Waals surface area contributed by atoms with E-state index in [9.17, 15) is 5.11 Å². The topological polar surface area (TPSA) is 73.8 Å². The normalized spacial score (nSPS) is 24.6. The first-order valence-corrected chi connectivity index (χ1v) is 14.5. The fourth-order valence-corrected chi connectivity index (χ4v) is 7.22. The molecule has 7 rings (SSSR count). The molecule has 3 aliphatic rings. The second-order valence-corrected chi connectivity index (χ2v) is 12.4. The van der Waals surface area contributed by atoms with Crippen molar-refractivity contribution in [3.63, 3.8) is 0 Å². The van der Waals surface area contributed by atoms with E-state index in [1.165, 1.54) is 18.2 Å². The van der Waals surface area contributed by atoms with Crippen LogP contribution < -0.4 is 15.0 Å². The lowest BCUT2D eigenvalue weighted by atomic mass is 9.95. The van der Waals surface area contributed by atoms with E-state index in [2.05, 4.69) is 34.1 Å². The van der Waals surface area contributed by atoms with E-state index < -0.39 is 11.6 Å². The summed E-state index contributed by atoms with van der Waals surface area (Å²) in [6.45, 7) is 4.87. The molecule has 7 nitrogen and oxygen atoms in total. The number of ether oxygens (including phenoxy) is 1. The number of hydrogen-bond donors (Lipinski definition) is 2. The summed E-state index contributed by atoms with van der Waals surface area (Å²) >= 11 is 6.51. The third-order valence-corrected chi connectivity index (χ3v) is 9.29. The van der Waals surface area contributed by atoms with Gasteiger partial charge in [-0.3, -0.25) is 0 Å². The number of likely N-dealkylation sites (tertiary alicyclic amines) is 1. The van der Waals surface area contributed by atoms with Crippen molar-refractivity contribution in [1.82, 2.24) is 20.2 Å². The van der Waals surface area contributed by atoms with Gasteiger partial charge in [0, 0.05) is 52.1 Å². The van der Waals surface area contributed by atoms with Crippen molar-refractivity contribution in [2.75, 3.05) is 38.2 Å². The van der Waals surface area contributed by atoms with Crippen LogP contribution in [0.25, 0.3) is 32.8 Å². The molecule has 3 aromatic carbocycles. The van der Waals surface area contributed by atoms with Gasteiger partial charge in [-0.05, 0) is 75.9 Å². The van der Waals surface area contributed by atoms with Crippen molar-refractivity contribution in [2.45, 2.75) is 50.2 Å². The second kappa shape index (κ2) is 9.93. The number of piperazine rings is 1. The number of hydrogen-bond acceptors (Lipinski definition) is 7. The molecular weight excluding hydrogens is 548 g/mol. The quantitative estimate of drug-likeness (QED) is 0.305. The summed E-state index contributed by atoms with van der Waals surface area (Å²) in [5.74, 6) is -1.28. The Balaban J connectivity index is 1.41. The van der Waals surface area contributed by atoms with Crippen LogP contribution in [0.15, 0.2) is 36.4 Å².